The molecule has 3 aromatic carbocycles. The number of imide groups is 1. The van der Waals surface area contributed by atoms with E-state index in [2.05, 4.69) is 5.32 Å². The SMILES string of the molecule is COC(=O)[C@@H]1NC(c2cccc(Cl)c2)(c2cccc(Cl)c2)[C@H]2C(=O)N(c3ccc(F)cc3)C(=O)[C@@H]12. The Labute approximate surface area is 210 Å². The number of ether oxygens (including phenoxy) is 1. The summed E-state index contributed by atoms with van der Waals surface area (Å²) in [5, 5.41) is 4.09. The number of anilines is 1. The van der Waals surface area contributed by atoms with Crippen LogP contribution in [0.4, 0.5) is 10.1 Å². The van der Waals surface area contributed by atoms with Gasteiger partial charge in [0, 0.05) is 10.0 Å². The molecule has 35 heavy (non-hydrogen) atoms. The molecule has 0 unspecified atom stereocenters. The summed E-state index contributed by atoms with van der Waals surface area (Å²) in [6, 6.07) is 17.7. The van der Waals surface area contributed by atoms with Crippen molar-refractivity contribution in [1.82, 2.24) is 5.32 Å². The standard InChI is InChI=1S/C26H19Cl2FN2O4/c1-35-25(34)22-20-21(24(33)31(23(20)32)19-10-8-18(29)9-11-19)26(30-22,14-4-2-6-16(27)12-14)15-5-3-7-17(28)13-15/h2-13,20-22,30H,1H3/t20-,21-,22-/m1/s1. The molecule has 2 aliphatic heterocycles. The molecule has 6 nitrogen and oxygen atoms in total. The number of nitrogens with zero attached hydrogens (tertiary/aromatic N) is 1. The minimum Gasteiger partial charge on any atom is -0.468 e. The number of hydrogen-bond acceptors (Lipinski definition) is 5. The first kappa shape index (κ1) is 23.5. The average Bonchev–Trinajstić information content (AvgIpc) is 3.34. The quantitative estimate of drug-likeness (QED) is 0.416. The Kier molecular flexibility index (Phi) is 5.87. The maximum Gasteiger partial charge on any atom is 0.323 e. The summed E-state index contributed by atoms with van der Waals surface area (Å²) < 4.78 is 18.6. The van der Waals surface area contributed by atoms with Crippen LogP contribution >= 0.6 is 23.2 Å². The summed E-state index contributed by atoms with van der Waals surface area (Å²) in [5.74, 6) is -4.44. The highest BCUT2D eigenvalue weighted by atomic mass is 35.5. The Balaban J connectivity index is 1.77. The predicted molar refractivity (Wildman–Crippen MR) is 128 cm³/mol. The van der Waals surface area contributed by atoms with Gasteiger partial charge in [-0.2, -0.15) is 0 Å². The third-order valence-corrected chi connectivity index (χ3v) is 7.13. The zero-order chi connectivity index (χ0) is 24.9. The zero-order valence-electron chi connectivity index (χ0n) is 18.4. The molecule has 0 radical (unpaired) electrons. The fourth-order valence-electron chi connectivity index (χ4n) is 5.24. The lowest BCUT2D eigenvalue weighted by Gasteiger charge is -2.36. The number of hydrogen-bond donors (Lipinski definition) is 1. The molecular weight excluding hydrogens is 494 g/mol. The molecule has 0 bridgehead atoms. The van der Waals surface area contributed by atoms with E-state index in [0.29, 0.717) is 21.2 Å². The average molecular weight is 513 g/mol. The monoisotopic (exact) mass is 512 g/mol. The van der Waals surface area contributed by atoms with E-state index in [9.17, 15) is 18.8 Å². The highest BCUT2D eigenvalue weighted by Crippen LogP contribution is 2.53. The lowest BCUT2D eigenvalue weighted by molar-refractivity contribution is -0.145. The Bertz CT molecular complexity index is 1300. The summed E-state index contributed by atoms with van der Waals surface area (Å²) in [4.78, 5) is 41.7. The number of esters is 1. The molecule has 178 valence electrons. The second-order valence-electron chi connectivity index (χ2n) is 8.47. The van der Waals surface area contributed by atoms with Gasteiger partial charge in [-0.3, -0.25) is 19.7 Å². The molecule has 2 saturated heterocycles. The number of methoxy groups -OCH3 is 1. The first-order chi connectivity index (χ1) is 16.8. The number of carbonyl (C=O) groups excluding carboxylic acids is 3. The van der Waals surface area contributed by atoms with Crippen molar-refractivity contribution in [3.8, 4) is 0 Å². The molecule has 0 aliphatic carbocycles. The van der Waals surface area contributed by atoms with Crippen LogP contribution < -0.4 is 10.2 Å². The minimum atomic E-state index is -1.33. The normalized spacial score (nSPS) is 22.9. The molecular formula is C26H19Cl2FN2O4. The summed E-state index contributed by atoms with van der Waals surface area (Å²) in [7, 11) is 1.22. The highest BCUT2D eigenvalue weighted by molar-refractivity contribution is 6.31. The molecule has 2 amide bonds. The van der Waals surface area contributed by atoms with Gasteiger partial charge in [0.15, 0.2) is 0 Å². The van der Waals surface area contributed by atoms with E-state index in [1.807, 2.05) is 0 Å². The van der Waals surface area contributed by atoms with Crippen LogP contribution in [0.15, 0.2) is 72.8 Å². The fourth-order valence-corrected chi connectivity index (χ4v) is 5.63. The van der Waals surface area contributed by atoms with Crippen molar-refractivity contribution in [3.63, 3.8) is 0 Å². The van der Waals surface area contributed by atoms with Crippen molar-refractivity contribution >= 4 is 46.7 Å². The number of nitrogens with one attached hydrogen (secondary N) is 1. The first-order valence-corrected chi connectivity index (χ1v) is 11.5. The second kappa shape index (κ2) is 8.75. The number of fused-ring (bicyclic) bond motifs is 1. The number of rotatable bonds is 4. The minimum absolute atomic E-state index is 0.213. The largest absolute Gasteiger partial charge is 0.468 e. The van der Waals surface area contributed by atoms with Gasteiger partial charge in [-0.05, 0) is 59.7 Å². The van der Waals surface area contributed by atoms with Crippen LogP contribution in [0.1, 0.15) is 11.1 Å². The van der Waals surface area contributed by atoms with Gasteiger partial charge in [0.1, 0.15) is 11.9 Å². The van der Waals surface area contributed by atoms with Crippen LogP contribution in [0.5, 0.6) is 0 Å². The van der Waals surface area contributed by atoms with E-state index < -0.39 is 47.0 Å². The van der Waals surface area contributed by atoms with E-state index in [-0.39, 0.29) is 5.69 Å². The van der Waals surface area contributed by atoms with Gasteiger partial charge in [0.25, 0.3) is 0 Å². The third kappa shape index (κ3) is 3.62. The lowest BCUT2D eigenvalue weighted by Crippen LogP contribution is -2.52. The van der Waals surface area contributed by atoms with E-state index in [0.717, 1.165) is 4.90 Å². The third-order valence-electron chi connectivity index (χ3n) is 6.66. The smallest absolute Gasteiger partial charge is 0.323 e. The van der Waals surface area contributed by atoms with Gasteiger partial charge in [-0.15, -0.1) is 0 Å². The lowest BCUT2D eigenvalue weighted by atomic mass is 9.71. The van der Waals surface area contributed by atoms with Crippen molar-refractivity contribution in [1.29, 1.82) is 0 Å². The van der Waals surface area contributed by atoms with Gasteiger partial charge in [0.2, 0.25) is 11.8 Å². The van der Waals surface area contributed by atoms with Gasteiger partial charge in [-0.25, -0.2) is 9.29 Å². The number of amides is 2. The van der Waals surface area contributed by atoms with Crippen molar-refractivity contribution in [3.05, 3.63) is 99.8 Å². The van der Waals surface area contributed by atoms with Crippen molar-refractivity contribution in [2.75, 3.05) is 12.0 Å². The van der Waals surface area contributed by atoms with Crippen LogP contribution in [0, 0.1) is 17.7 Å². The van der Waals surface area contributed by atoms with Gasteiger partial charge in [-0.1, -0.05) is 47.5 Å². The highest BCUT2D eigenvalue weighted by Gasteiger charge is 2.68. The first-order valence-electron chi connectivity index (χ1n) is 10.8. The molecule has 5 rings (SSSR count). The maximum absolute atomic E-state index is 14.0. The summed E-state index contributed by atoms with van der Waals surface area (Å²) in [6.45, 7) is 0. The van der Waals surface area contributed by atoms with Crippen molar-refractivity contribution < 1.29 is 23.5 Å². The molecule has 9 heteroatoms. The Hall–Kier alpha value is -3.26. The predicted octanol–water partition coefficient (Wildman–Crippen LogP) is 4.33. The van der Waals surface area contributed by atoms with Gasteiger partial charge in [0.05, 0.1) is 30.2 Å². The summed E-state index contributed by atoms with van der Waals surface area (Å²) in [5.41, 5.74) is 0.0398. The molecule has 0 spiro atoms. The zero-order valence-corrected chi connectivity index (χ0v) is 19.9. The molecule has 2 aliphatic rings. The summed E-state index contributed by atoms with van der Waals surface area (Å²) >= 11 is 12.7. The second-order valence-corrected chi connectivity index (χ2v) is 9.34. The number of halogens is 3. The molecule has 0 saturated carbocycles. The van der Waals surface area contributed by atoms with Crippen molar-refractivity contribution in [2.45, 2.75) is 11.6 Å². The fraction of sp³-hybridized carbons (Fsp3) is 0.192. The number of carbonyl (C=O) groups is 3. The molecule has 3 atom stereocenters. The molecule has 3 aromatic rings. The van der Waals surface area contributed by atoms with Crippen LogP contribution in [0.3, 0.4) is 0 Å². The maximum atomic E-state index is 14.0. The molecule has 2 heterocycles. The van der Waals surface area contributed by atoms with Gasteiger partial charge < -0.3 is 4.74 Å². The van der Waals surface area contributed by atoms with E-state index in [1.54, 1.807) is 48.5 Å². The van der Waals surface area contributed by atoms with E-state index in [1.165, 1.54) is 31.4 Å². The topological polar surface area (TPSA) is 75.7 Å². The molecule has 0 aromatic heterocycles. The Morgan fingerprint density at radius 2 is 1.51 bits per heavy atom. The van der Waals surface area contributed by atoms with E-state index in [4.69, 9.17) is 27.9 Å². The molecule has 1 N–H and O–H groups in total. The van der Waals surface area contributed by atoms with Crippen LogP contribution in [-0.4, -0.2) is 30.9 Å². The Morgan fingerprint density at radius 3 is 2.03 bits per heavy atom. The number of benzene rings is 3. The van der Waals surface area contributed by atoms with Gasteiger partial charge >= 0.3 is 5.97 Å². The van der Waals surface area contributed by atoms with Crippen LogP contribution in [0.2, 0.25) is 10.0 Å². The molecule has 2 fully saturated rings. The van der Waals surface area contributed by atoms with E-state index >= 15 is 0 Å². The van der Waals surface area contributed by atoms with Crippen molar-refractivity contribution in [2.24, 2.45) is 11.8 Å². The van der Waals surface area contributed by atoms with Crippen LogP contribution in [-0.2, 0) is 24.7 Å². The Morgan fingerprint density at radius 1 is 0.943 bits per heavy atom. The van der Waals surface area contributed by atoms with Crippen LogP contribution in [0.25, 0.3) is 0 Å². The summed E-state index contributed by atoms with van der Waals surface area (Å²) in [6.07, 6.45) is 0.